The highest BCUT2D eigenvalue weighted by atomic mass is 16.7. The Balaban J connectivity index is 0.000000215. The van der Waals surface area contributed by atoms with E-state index in [-0.39, 0.29) is 29.3 Å². The quantitative estimate of drug-likeness (QED) is 0.229. The topological polar surface area (TPSA) is 190 Å². The molecule has 0 atom stereocenters. The van der Waals surface area contributed by atoms with E-state index in [4.69, 9.17) is 20.0 Å². The number of benzene rings is 2. The third kappa shape index (κ3) is 8.47. The Bertz CT molecular complexity index is 1890. The zero-order valence-electron chi connectivity index (χ0n) is 26.4. The fourth-order valence-electron chi connectivity index (χ4n) is 4.69. The molecule has 0 saturated heterocycles. The molecule has 2 amide bonds. The number of carbonyl (C=O) groups excluding carboxylic acids is 2. The Morgan fingerprint density at radius 1 is 0.894 bits per heavy atom. The summed E-state index contributed by atoms with van der Waals surface area (Å²) in [4.78, 5) is 33.0. The summed E-state index contributed by atoms with van der Waals surface area (Å²) in [5.41, 5.74) is 5.20. The van der Waals surface area contributed by atoms with Crippen LogP contribution >= 0.6 is 0 Å². The number of aromatic nitrogens is 2. The van der Waals surface area contributed by atoms with Gasteiger partial charge in [-0.1, -0.05) is 24.3 Å². The summed E-state index contributed by atoms with van der Waals surface area (Å²) in [6, 6.07) is 18.1. The number of hydrogen-bond acceptors (Lipinski definition) is 10. The van der Waals surface area contributed by atoms with Crippen molar-refractivity contribution in [2.45, 2.75) is 59.8 Å². The maximum absolute atomic E-state index is 12.6. The molecule has 240 valence electrons. The number of aliphatic hydroxyl groups is 1. The van der Waals surface area contributed by atoms with Crippen LogP contribution < -0.4 is 15.4 Å². The highest BCUT2D eigenvalue weighted by Gasteiger charge is 2.32. The first-order valence-corrected chi connectivity index (χ1v) is 14.6. The van der Waals surface area contributed by atoms with E-state index in [0.29, 0.717) is 46.8 Å². The molecule has 1 aliphatic rings. The molecule has 0 radical (unpaired) electrons. The smallest absolute Gasteiger partial charge is 0.253 e. The summed E-state index contributed by atoms with van der Waals surface area (Å²) in [7, 11) is 0. The van der Waals surface area contributed by atoms with E-state index in [1.165, 1.54) is 6.20 Å². The SMILES string of the molecule is Cc1ncc(C(=O)NCc2cccc(C#N)c2)c(CO)c1O.Cc1ncc(C(=O)NCc2cccc(C#N)c2)c2c1OC(C)(C)OC2. The number of aryl methyl sites for hydroxylation is 2. The number of fused-ring (bicyclic) bond motifs is 1. The van der Waals surface area contributed by atoms with E-state index in [0.717, 1.165) is 16.8 Å². The third-order valence-electron chi connectivity index (χ3n) is 7.23. The molecule has 4 N–H and O–H groups in total. The van der Waals surface area contributed by atoms with Gasteiger partial charge >= 0.3 is 0 Å². The molecule has 0 aliphatic carbocycles. The zero-order valence-corrected chi connectivity index (χ0v) is 26.4. The molecule has 5 rings (SSSR count). The number of rotatable bonds is 7. The molecular weight excluding hydrogens is 600 g/mol. The molecule has 4 aromatic rings. The standard InChI is InChI=1S/C19H19N3O3.C16H15N3O3/c1-12-17-16(11-24-19(2,3)25-17)15(10-21-12)18(23)22-9-14-6-4-5-13(7-14)8-20;1-10-15(21)14(9-20)13(8-18-10)16(22)19-7-12-4-2-3-11(5-12)6-17/h4-7,10H,9,11H2,1-3H3,(H,22,23);2-5,8,20-21H,7,9H2,1H3,(H,19,22). The van der Waals surface area contributed by atoms with Gasteiger partial charge in [-0.05, 0) is 49.2 Å². The number of aromatic hydroxyl groups is 1. The minimum Gasteiger partial charge on any atom is -0.506 e. The maximum atomic E-state index is 12.6. The summed E-state index contributed by atoms with van der Waals surface area (Å²) in [6.07, 6.45) is 2.86. The van der Waals surface area contributed by atoms with Crippen LogP contribution in [0.1, 0.15) is 79.3 Å². The Morgan fingerprint density at radius 3 is 1.98 bits per heavy atom. The van der Waals surface area contributed by atoms with Gasteiger partial charge in [0.25, 0.3) is 11.8 Å². The van der Waals surface area contributed by atoms with Crippen molar-refractivity contribution in [1.29, 1.82) is 10.5 Å². The van der Waals surface area contributed by atoms with Crippen LogP contribution in [0.2, 0.25) is 0 Å². The van der Waals surface area contributed by atoms with E-state index in [1.54, 1.807) is 55.6 Å². The van der Waals surface area contributed by atoms with Crippen molar-refractivity contribution in [2.75, 3.05) is 0 Å². The Labute approximate surface area is 272 Å². The Kier molecular flexibility index (Phi) is 10.9. The fraction of sp³-hybridized carbons (Fsp3) is 0.257. The van der Waals surface area contributed by atoms with Crippen molar-refractivity contribution < 1.29 is 29.3 Å². The molecular formula is C35H34N6O6. The predicted octanol–water partition coefficient (Wildman–Crippen LogP) is 4.23. The van der Waals surface area contributed by atoms with Crippen LogP contribution in [-0.4, -0.2) is 37.8 Å². The van der Waals surface area contributed by atoms with E-state index < -0.39 is 18.3 Å². The summed E-state index contributed by atoms with van der Waals surface area (Å²) < 4.78 is 11.5. The number of nitriles is 2. The molecule has 0 unspecified atom stereocenters. The van der Waals surface area contributed by atoms with Gasteiger partial charge in [0.05, 0.1) is 59.0 Å². The normalized spacial score (nSPS) is 12.6. The van der Waals surface area contributed by atoms with Gasteiger partial charge in [-0.15, -0.1) is 0 Å². The first kappa shape index (κ1) is 34.1. The maximum Gasteiger partial charge on any atom is 0.253 e. The highest BCUT2D eigenvalue weighted by Crippen LogP contribution is 2.35. The van der Waals surface area contributed by atoms with Gasteiger partial charge in [-0.2, -0.15) is 10.5 Å². The van der Waals surface area contributed by atoms with Crippen LogP contribution in [0.25, 0.3) is 0 Å². The Hall–Kier alpha value is -5.82. The van der Waals surface area contributed by atoms with Crippen molar-refractivity contribution in [2.24, 2.45) is 0 Å². The Morgan fingerprint density at radius 2 is 1.43 bits per heavy atom. The van der Waals surface area contributed by atoms with Gasteiger partial charge in [0.1, 0.15) is 5.75 Å². The van der Waals surface area contributed by atoms with E-state index in [1.807, 2.05) is 32.9 Å². The highest BCUT2D eigenvalue weighted by molar-refractivity contribution is 5.96. The minimum absolute atomic E-state index is 0.127. The summed E-state index contributed by atoms with van der Waals surface area (Å²) in [5, 5.41) is 42.5. The van der Waals surface area contributed by atoms with E-state index >= 15 is 0 Å². The number of ether oxygens (including phenoxy) is 2. The van der Waals surface area contributed by atoms with Crippen molar-refractivity contribution in [3.05, 3.63) is 117 Å². The molecule has 12 nitrogen and oxygen atoms in total. The molecule has 0 spiro atoms. The van der Waals surface area contributed by atoms with Gasteiger partial charge in [0, 0.05) is 50.5 Å². The van der Waals surface area contributed by atoms with Gasteiger partial charge in [-0.25, -0.2) is 0 Å². The largest absolute Gasteiger partial charge is 0.506 e. The molecule has 1 aliphatic heterocycles. The second-order valence-electron chi connectivity index (χ2n) is 11.1. The minimum atomic E-state index is -0.744. The second-order valence-corrected chi connectivity index (χ2v) is 11.1. The monoisotopic (exact) mass is 634 g/mol. The van der Waals surface area contributed by atoms with E-state index in [9.17, 15) is 19.8 Å². The summed E-state index contributed by atoms with van der Waals surface area (Å²) in [5.74, 6) is -1.02. The van der Waals surface area contributed by atoms with Crippen LogP contribution in [0.5, 0.6) is 11.5 Å². The summed E-state index contributed by atoms with van der Waals surface area (Å²) >= 11 is 0. The lowest BCUT2D eigenvalue weighted by atomic mass is 10.1. The zero-order chi connectivity index (χ0) is 34.1. The van der Waals surface area contributed by atoms with Crippen molar-refractivity contribution >= 4 is 11.8 Å². The molecule has 12 heteroatoms. The number of amides is 2. The lowest BCUT2D eigenvalue weighted by molar-refractivity contribution is -0.180. The molecule has 0 saturated carbocycles. The van der Waals surface area contributed by atoms with E-state index in [2.05, 4.69) is 26.7 Å². The molecule has 0 bridgehead atoms. The molecule has 47 heavy (non-hydrogen) atoms. The van der Waals surface area contributed by atoms with Crippen LogP contribution in [0, 0.1) is 36.5 Å². The third-order valence-corrected chi connectivity index (χ3v) is 7.23. The van der Waals surface area contributed by atoms with Crippen LogP contribution in [0.3, 0.4) is 0 Å². The number of hydrogen-bond donors (Lipinski definition) is 4. The van der Waals surface area contributed by atoms with Crippen LogP contribution in [0.15, 0.2) is 60.9 Å². The van der Waals surface area contributed by atoms with Gasteiger partial charge < -0.3 is 30.3 Å². The molecule has 3 heterocycles. The predicted molar refractivity (Wildman–Crippen MR) is 170 cm³/mol. The second kappa shape index (κ2) is 15.0. The fourth-order valence-corrected chi connectivity index (χ4v) is 4.69. The van der Waals surface area contributed by atoms with Crippen molar-refractivity contribution in [3.8, 4) is 23.6 Å². The first-order valence-electron chi connectivity index (χ1n) is 14.6. The lowest BCUT2D eigenvalue weighted by Gasteiger charge is -2.33. The number of pyridine rings is 2. The average Bonchev–Trinajstić information content (AvgIpc) is 3.07. The number of aliphatic hydroxyl groups excluding tert-OH is 1. The number of nitrogens with zero attached hydrogens (tertiary/aromatic N) is 4. The summed E-state index contributed by atoms with van der Waals surface area (Å²) in [6.45, 7) is 7.46. The first-order chi connectivity index (χ1) is 22.5. The van der Waals surface area contributed by atoms with Crippen LogP contribution in [-0.2, 0) is 31.0 Å². The average molecular weight is 635 g/mol. The van der Waals surface area contributed by atoms with Gasteiger partial charge in [0.2, 0.25) is 5.79 Å². The number of nitrogens with one attached hydrogen (secondary N) is 2. The molecule has 0 fully saturated rings. The molecule has 2 aromatic carbocycles. The number of carbonyl (C=O) groups is 2. The van der Waals surface area contributed by atoms with Gasteiger partial charge in [-0.3, -0.25) is 19.6 Å². The lowest BCUT2D eigenvalue weighted by Crippen LogP contribution is -2.37. The molecule has 2 aromatic heterocycles. The van der Waals surface area contributed by atoms with Gasteiger partial charge in [0.15, 0.2) is 5.75 Å². The van der Waals surface area contributed by atoms with Crippen molar-refractivity contribution in [3.63, 3.8) is 0 Å². The van der Waals surface area contributed by atoms with Crippen LogP contribution in [0.4, 0.5) is 0 Å². The van der Waals surface area contributed by atoms with Crippen molar-refractivity contribution in [1.82, 2.24) is 20.6 Å².